The maximum absolute atomic E-state index is 12.0. The van der Waals surface area contributed by atoms with Gasteiger partial charge in [0.25, 0.3) is 0 Å². The molecule has 1 saturated carbocycles. The number of carbonyl (C=O) groups is 1. The summed E-state index contributed by atoms with van der Waals surface area (Å²) >= 11 is 0. The van der Waals surface area contributed by atoms with Gasteiger partial charge in [-0.25, -0.2) is 0 Å². The van der Waals surface area contributed by atoms with E-state index in [4.69, 9.17) is 0 Å². The van der Waals surface area contributed by atoms with E-state index >= 15 is 0 Å². The van der Waals surface area contributed by atoms with Crippen LogP contribution >= 0.6 is 0 Å². The molecular formula is C13H22N2O. The van der Waals surface area contributed by atoms with Crippen molar-refractivity contribution in [2.24, 2.45) is 11.8 Å². The molecule has 0 aromatic carbocycles. The molecule has 0 aromatic heterocycles. The second-order valence-electron chi connectivity index (χ2n) is 5.66. The third-order valence-electron chi connectivity index (χ3n) is 4.36. The van der Waals surface area contributed by atoms with Crippen molar-refractivity contribution in [3.63, 3.8) is 0 Å². The summed E-state index contributed by atoms with van der Waals surface area (Å²) in [6.45, 7) is 3.21. The third-order valence-corrected chi connectivity index (χ3v) is 4.36. The fraction of sp³-hybridized carbons (Fsp3) is 0.923. The Balaban J connectivity index is 1.58. The molecule has 1 amide bonds. The molecule has 2 aliphatic heterocycles. The first-order valence-electron chi connectivity index (χ1n) is 6.87. The Morgan fingerprint density at radius 3 is 2.69 bits per heavy atom. The molecule has 0 radical (unpaired) electrons. The van der Waals surface area contributed by atoms with Crippen LogP contribution in [0.5, 0.6) is 0 Å². The summed E-state index contributed by atoms with van der Waals surface area (Å²) in [5, 5.41) is 3.59. The Morgan fingerprint density at radius 2 is 2.00 bits per heavy atom. The molecule has 3 aliphatic rings. The Hall–Kier alpha value is -0.570. The molecule has 1 N–H and O–H groups in total. The number of nitrogens with zero attached hydrogens (tertiary/aromatic N) is 1. The van der Waals surface area contributed by atoms with Gasteiger partial charge in [-0.15, -0.1) is 0 Å². The summed E-state index contributed by atoms with van der Waals surface area (Å²) in [6, 6.07) is 0.690. The van der Waals surface area contributed by atoms with E-state index in [1.54, 1.807) is 0 Å². The minimum atomic E-state index is 0.398. The lowest BCUT2D eigenvalue weighted by Crippen LogP contribution is -2.46. The minimum absolute atomic E-state index is 0.398. The van der Waals surface area contributed by atoms with E-state index in [9.17, 15) is 4.79 Å². The first-order valence-corrected chi connectivity index (χ1v) is 6.87. The first kappa shape index (κ1) is 10.6. The molecule has 0 spiro atoms. The van der Waals surface area contributed by atoms with Crippen LogP contribution in [0.1, 0.15) is 38.5 Å². The first-order chi connectivity index (χ1) is 7.84. The average molecular weight is 222 g/mol. The van der Waals surface area contributed by atoms with Gasteiger partial charge in [-0.3, -0.25) is 4.79 Å². The SMILES string of the molecule is O=C(C1CC1)N1CCCC(C2CCCN2)C1. The Morgan fingerprint density at radius 1 is 1.12 bits per heavy atom. The quantitative estimate of drug-likeness (QED) is 0.765. The van der Waals surface area contributed by atoms with Crippen LogP contribution in [-0.2, 0) is 4.79 Å². The fourth-order valence-electron chi connectivity index (χ4n) is 3.24. The second kappa shape index (κ2) is 4.36. The van der Waals surface area contributed by atoms with E-state index in [1.165, 1.54) is 32.2 Å². The van der Waals surface area contributed by atoms with Crippen molar-refractivity contribution < 1.29 is 4.79 Å². The average Bonchev–Trinajstić information content (AvgIpc) is 3.03. The number of hydrogen-bond acceptors (Lipinski definition) is 2. The molecule has 3 rings (SSSR count). The van der Waals surface area contributed by atoms with Gasteiger partial charge >= 0.3 is 0 Å². The van der Waals surface area contributed by atoms with Gasteiger partial charge in [0, 0.05) is 25.0 Å². The van der Waals surface area contributed by atoms with Crippen LogP contribution in [0.25, 0.3) is 0 Å². The van der Waals surface area contributed by atoms with Gasteiger partial charge in [-0.2, -0.15) is 0 Å². The van der Waals surface area contributed by atoms with E-state index in [1.807, 2.05) is 0 Å². The highest BCUT2D eigenvalue weighted by atomic mass is 16.2. The zero-order valence-corrected chi connectivity index (χ0v) is 9.95. The smallest absolute Gasteiger partial charge is 0.225 e. The molecular weight excluding hydrogens is 200 g/mol. The van der Waals surface area contributed by atoms with Crippen molar-refractivity contribution in [1.29, 1.82) is 0 Å². The summed E-state index contributed by atoms with van der Waals surface area (Å²) < 4.78 is 0. The van der Waals surface area contributed by atoms with Crippen molar-refractivity contribution in [3.8, 4) is 0 Å². The lowest BCUT2D eigenvalue weighted by molar-refractivity contribution is -0.134. The number of amides is 1. The van der Waals surface area contributed by atoms with Crippen molar-refractivity contribution in [2.75, 3.05) is 19.6 Å². The molecule has 3 heteroatoms. The predicted molar refractivity (Wildman–Crippen MR) is 63.1 cm³/mol. The molecule has 2 unspecified atom stereocenters. The number of carbonyl (C=O) groups excluding carboxylic acids is 1. The van der Waals surface area contributed by atoms with Gasteiger partial charge in [-0.05, 0) is 51.0 Å². The van der Waals surface area contributed by atoms with Crippen LogP contribution in [0.3, 0.4) is 0 Å². The monoisotopic (exact) mass is 222 g/mol. The molecule has 2 atom stereocenters. The second-order valence-corrected chi connectivity index (χ2v) is 5.66. The molecule has 2 saturated heterocycles. The number of rotatable bonds is 2. The van der Waals surface area contributed by atoms with Gasteiger partial charge < -0.3 is 10.2 Å². The van der Waals surface area contributed by atoms with E-state index in [-0.39, 0.29) is 0 Å². The number of hydrogen-bond donors (Lipinski definition) is 1. The van der Waals surface area contributed by atoms with Gasteiger partial charge in [0.15, 0.2) is 0 Å². The van der Waals surface area contributed by atoms with Crippen LogP contribution in [0.15, 0.2) is 0 Å². The standard InChI is InChI=1S/C13H22N2O/c16-13(10-5-6-10)15-8-2-3-11(9-15)12-4-1-7-14-12/h10-12,14H,1-9H2. The lowest BCUT2D eigenvalue weighted by Gasteiger charge is -2.36. The van der Waals surface area contributed by atoms with Crippen LogP contribution in [-0.4, -0.2) is 36.5 Å². The zero-order chi connectivity index (χ0) is 11.0. The van der Waals surface area contributed by atoms with Crippen molar-refractivity contribution >= 4 is 5.91 Å². The summed E-state index contributed by atoms with van der Waals surface area (Å²) in [5.41, 5.74) is 0. The molecule has 90 valence electrons. The Labute approximate surface area is 97.6 Å². The van der Waals surface area contributed by atoms with Crippen LogP contribution in [0.4, 0.5) is 0 Å². The van der Waals surface area contributed by atoms with E-state index in [0.29, 0.717) is 17.9 Å². The highest BCUT2D eigenvalue weighted by Gasteiger charge is 2.37. The van der Waals surface area contributed by atoms with Gasteiger partial charge in [0.05, 0.1) is 0 Å². The van der Waals surface area contributed by atoms with Crippen LogP contribution in [0, 0.1) is 11.8 Å². The topological polar surface area (TPSA) is 32.3 Å². The van der Waals surface area contributed by atoms with Gasteiger partial charge in [-0.1, -0.05) is 0 Å². The van der Waals surface area contributed by atoms with E-state index < -0.39 is 0 Å². The Bertz CT molecular complexity index is 269. The fourth-order valence-corrected chi connectivity index (χ4v) is 3.24. The normalized spacial score (nSPS) is 35.4. The molecule has 16 heavy (non-hydrogen) atoms. The molecule has 0 bridgehead atoms. The van der Waals surface area contributed by atoms with Crippen molar-refractivity contribution in [3.05, 3.63) is 0 Å². The van der Waals surface area contributed by atoms with Gasteiger partial charge in [0.1, 0.15) is 0 Å². The Kier molecular flexibility index (Phi) is 2.88. The molecule has 1 aliphatic carbocycles. The highest BCUT2D eigenvalue weighted by Crippen LogP contribution is 2.33. The van der Waals surface area contributed by atoms with Crippen LogP contribution < -0.4 is 5.32 Å². The minimum Gasteiger partial charge on any atom is -0.342 e. The maximum Gasteiger partial charge on any atom is 0.225 e. The highest BCUT2D eigenvalue weighted by molar-refractivity contribution is 5.81. The summed E-state index contributed by atoms with van der Waals surface area (Å²) in [4.78, 5) is 14.2. The lowest BCUT2D eigenvalue weighted by atomic mass is 9.89. The van der Waals surface area contributed by atoms with E-state index in [0.717, 1.165) is 31.8 Å². The van der Waals surface area contributed by atoms with Crippen molar-refractivity contribution in [1.82, 2.24) is 10.2 Å². The zero-order valence-electron chi connectivity index (χ0n) is 9.95. The summed E-state index contributed by atoms with van der Waals surface area (Å²) in [6.07, 6.45) is 7.44. The maximum atomic E-state index is 12.0. The number of nitrogens with one attached hydrogen (secondary N) is 1. The summed E-state index contributed by atoms with van der Waals surface area (Å²) in [7, 11) is 0. The summed E-state index contributed by atoms with van der Waals surface area (Å²) in [5.74, 6) is 1.57. The largest absolute Gasteiger partial charge is 0.342 e. The van der Waals surface area contributed by atoms with E-state index in [2.05, 4.69) is 10.2 Å². The number of piperidine rings is 1. The molecule has 3 fully saturated rings. The molecule has 2 heterocycles. The van der Waals surface area contributed by atoms with Crippen molar-refractivity contribution in [2.45, 2.75) is 44.6 Å². The molecule has 3 nitrogen and oxygen atoms in total. The van der Waals surface area contributed by atoms with Gasteiger partial charge in [0.2, 0.25) is 5.91 Å². The van der Waals surface area contributed by atoms with Crippen LogP contribution in [0.2, 0.25) is 0 Å². The third kappa shape index (κ3) is 2.10. The predicted octanol–water partition coefficient (Wildman–Crippen LogP) is 1.39. The number of likely N-dealkylation sites (tertiary alicyclic amines) is 1. The molecule has 0 aromatic rings.